The number of benzene rings is 1. The first kappa shape index (κ1) is 8.94. The van der Waals surface area contributed by atoms with E-state index < -0.39 is 0 Å². The van der Waals surface area contributed by atoms with E-state index in [1.165, 1.54) is 6.07 Å². The molecule has 0 heterocycles. The minimum atomic E-state index is -0.278. The normalized spacial score (nSPS) is 12.6. The summed E-state index contributed by atoms with van der Waals surface area (Å²) >= 11 is 0. The molecule has 0 aliphatic rings. The van der Waals surface area contributed by atoms with E-state index in [9.17, 15) is 4.39 Å². The van der Waals surface area contributed by atoms with Crippen molar-refractivity contribution in [2.24, 2.45) is 5.73 Å². The van der Waals surface area contributed by atoms with Crippen molar-refractivity contribution in [2.75, 3.05) is 0 Å². The molecule has 2 N–H and O–H groups in total. The number of aryl methyl sites for hydroxylation is 1. The Morgan fingerprint density at radius 2 is 2.25 bits per heavy atom. The quantitative estimate of drug-likeness (QED) is 0.669. The van der Waals surface area contributed by atoms with Gasteiger partial charge in [-0.1, -0.05) is 18.2 Å². The van der Waals surface area contributed by atoms with Gasteiger partial charge in [0.1, 0.15) is 5.82 Å². The Kier molecular flexibility index (Phi) is 2.61. The topological polar surface area (TPSA) is 26.0 Å². The second kappa shape index (κ2) is 3.50. The lowest BCUT2D eigenvalue weighted by Gasteiger charge is -2.06. The van der Waals surface area contributed by atoms with E-state index in [-0.39, 0.29) is 11.9 Å². The fourth-order valence-electron chi connectivity index (χ4n) is 0.953. The SMILES string of the molecule is C=C[C@@H](N)c1ccc(C)c(F)c1. The molecule has 0 radical (unpaired) electrons. The molecule has 1 rings (SSSR count). The molecule has 0 fully saturated rings. The third-order valence-corrected chi connectivity index (χ3v) is 1.83. The number of rotatable bonds is 2. The molecule has 0 spiro atoms. The van der Waals surface area contributed by atoms with Gasteiger partial charge in [0, 0.05) is 6.04 Å². The highest BCUT2D eigenvalue weighted by Crippen LogP contribution is 2.14. The molecule has 64 valence electrons. The first-order valence-corrected chi connectivity index (χ1v) is 3.79. The Morgan fingerprint density at radius 1 is 1.58 bits per heavy atom. The van der Waals surface area contributed by atoms with Crippen LogP contribution in [0.4, 0.5) is 4.39 Å². The van der Waals surface area contributed by atoms with Crippen LogP contribution in [0.3, 0.4) is 0 Å². The molecule has 0 saturated carbocycles. The summed E-state index contributed by atoms with van der Waals surface area (Å²) in [6.45, 7) is 5.26. The van der Waals surface area contributed by atoms with Crippen molar-refractivity contribution in [3.8, 4) is 0 Å². The zero-order valence-electron chi connectivity index (χ0n) is 7.05. The fourth-order valence-corrected chi connectivity index (χ4v) is 0.953. The number of hydrogen-bond acceptors (Lipinski definition) is 1. The third kappa shape index (κ3) is 1.71. The lowest BCUT2D eigenvalue weighted by molar-refractivity contribution is 0.615. The average Bonchev–Trinajstić information content (AvgIpc) is 2.08. The summed E-state index contributed by atoms with van der Waals surface area (Å²) in [6, 6.07) is 4.69. The van der Waals surface area contributed by atoms with Gasteiger partial charge in [-0.3, -0.25) is 0 Å². The van der Waals surface area contributed by atoms with Crippen molar-refractivity contribution < 1.29 is 4.39 Å². The maximum Gasteiger partial charge on any atom is 0.126 e. The molecule has 0 aliphatic heterocycles. The molecular weight excluding hydrogens is 153 g/mol. The van der Waals surface area contributed by atoms with E-state index in [1.807, 2.05) is 6.07 Å². The zero-order valence-corrected chi connectivity index (χ0v) is 7.05. The minimum Gasteiger partial charge on any atom is -0.321 e. The van der Waals surface area contributed by atoms with Crippen molar-refractivity contribution in [2.45, 2.75) is 13.0 Å². The number of nitrogens with two attached hydrogens (primary N) is 1. The number of hydrogen-bond donors (Lipinski definition) is 1. The van der Waals surface area contributed by atoms with Crippen molar-refractivity contribution in [3.05, 3.63) is 47.8 Å². The lowest BCUT2D eigenvalue weighted by Crippen LogP contribution is -2.06. The van der Waals surface area contributed by atoms with Crippen LogP contribution in [0.25, 0.3) is 0 Å². The molecule has 1 aromatic rings. The molecule has 2 heteroatoms. The van der Waals surface area contributed by atoms with Gasteiger partial charge >= 0.3 is 0 Å². The lowest BCUT2D eigenvalue weighted by atomic mass is 10.1. The smallest absolute Gasteiger partial charge is 0.126 e. The van der Waals surface area contributed by atoms with Gasteiger partial charge in [0.2, 0.25) is 0 Å². The van der Waals surface area contributed by atoms with Crippen LogP contribution in [0.1, 0.15) is 17.2 Å². The zero-order chi connectivity index (χ0) is 9.14. The summed E-state index contributed by atoms with van der Waals surface area (Å²) < 4.78 is 13.0. The van der Waals surface area contributed by atoms with Crippen LogP contribution in [0.15, 0.2) is 30.9 Å². The van der Waals surface area contributed by atoms with Gasteiger partial charge in [-0.05, 0) is 24.1 Å². The molecule has 12 heavy (non-hydrogen) atoms. The van der Waals surface area contributed by atoms with Gasteiger partial charge in [-0.25, -0.2) is 4.39 Å². The summed E-state index contributed by atoms with van der Waals surface area (Å²) in [5.41, 5.74) is 7.02. The molecule has 0 aliphatic carbocycles. The Hall–Kier alpha value is -1.15. The third-order valence-electron chi connectivity index (χ3n) is 1.83. The second-order valence-electron chi connectivity index (χ2n) is 2.77. The molecule has 0 unspecified atom stereocenters. The van der Waals surface area contributed by atoms with Crippen LogP contribution in [0.5, 0.6) is 0 Å². The van der Waals surface area contributed by atoms with Gasteiger partial charge in [0.25, 0.3) is 0 Å². The summed E-state index contributed by atoms with van der Waals surface area (Å²) in [6.07, 6.45) is 1.59. The maximum atomic E-state index is 13.0. The highest BCUT2D eigenvalue weighted by atomic mass is 19.1. The van der Waals surface area contributed by atoms with Gasteiger partial charge in [0.05, 0.1) is 0 Å². The Labute approximate surface area is 71.7 Å². The Balaban J connectivity index is 3.04. The summed E-state index contributed by atoms with van der Waals surface area (Å²) in [4.78, 5) is 0. The standard InChI is InChI=1S/C10H12FN/c1-3-10(12)8-5-4-7(2)9(11)6-8/h3-6,10H,1,12H2,2H3/t10-/m1/s1. The summed E-state index contributed by atoms with van der Waals surface area (Å²) in [7, 11) is 0. The van der Waals surface area contributed by atoms with Gasteiger partial charge in [-0.15, -0.1) is 6.58 Å². The van der Waals surface area contributed by atoms with Crippen LogP contribution < -0.4 is 5.73 Å². The molecule has 0 saturated heterocycles. The number of halogens is 1. The van der Waals surface area contributed by atoms with Crippen LogP contribution >= 0.6 is 0 Å². The minimum absolute atomic E-state index is 0.218. The van der Waals surface area contributed by atoms with Crippen LogP contribution in [0.2, 0.25) is 0 Å². The second-order valence-corrected chi connectivity index (χ2v) is 2.77. The van der Waals surface area contributed by atoms with E-state index in [0.29, 0.717) is 5.56 Å². The average molecular weight is 165 g/mol. The van der Waals surface area contributed by atoms with Crippen molar-refractivity contribution in [1.29, 1.82) is 0 Å². The molecule has 1 nitrogen and oxygen atoms in total. The van der Waals surface area contributed by atoms with Crippen molar-refractivity contribution >= 4 is 0 Å². The molecule has 0 bridgehead atoms. The molecule has 0 aromatic heterocycles. The summed E-state index contributed by atoms with van der Waals surface area (Å²) in [5.74, 6) is -0.218. The highest BCUT2D eigenvalue weighted by Gasteiger charge is 2.03. The fraction of sp³-hybridized carbons (Fsp3) is 0.200. The largest absolute Gasteiger partial charge is 0.321 e. The van der Waals surface area contributed by atoms with Crippen molar-refractivity contribution in [3.63, 3.8) is 0 Å². The first-order valence-electron chi connectivity index (χ1n) is 3.79. The van der Waals surface area contributed by atoms with Gasteiger partial charge in [-0.2, -0.15) is 0 Å². The molecule has 1 aromatic carbocycles. The van der Waals surface area contributed by atoms with E-state index in [2.05, 4.69) is 6.58 Å². The van der Waals surface area contributed by atoms with Crippen LogP contribution in [0, 0.1) is 12.7 Å². The van der Waals surface area contributed by atoms with E-state index in [1.54, 1.807) is 19.1 Å². The molecule has 0 amide bonds. The highest BCUT2D eigenvalue weighted by molar-refractivity contribution is 5.27. The van der Waals surface area contributed by atoms with Crippen LogP contribution in [-0.4, -0.2) is 0 Å². The van der Waals surface area contributed by atoms with E-state index in [4.69, 9.17) is 5.73 Å². The molecular formula is C10H12FN. The predicted molar refractivity (Wildman–Crippen MR) is 48.3 cm³/mol. The summed E-state index contributed by atoms with van der Waals surface area (Å²) in [5, 5.41) is 0. The van der Waals surface area contributed by atoms with Gasteiger partial charge < -0.3 is 5.73 Å². The first-order chi connectivity index (χ1) is 5.65. The van der Waals surface area contributed by atoms with Gasteiger partial charge in [0.15, 0.2) is 0 Å². The Morgan fingerprint density at radius 3 is 2.75 bits per heavy atom. The van der Waals surface area contributed by atoms with Crippen molar-refractivity contribution in [1.82, 2.24) is 0 Å². The van der Waals surface area contributed by atoms with Crippen LogP contribution in [-0.2, 0) is 0 Å². The van der Waals surface area contributed by atoms with E-state index >= 15 is 0 Å². The predicted octanol–water partition coefficient (Wildman–Crippen LogP) is 2.32. The molecule has 1 atom stereocenters. The van der Waals surface area contributed by atoms with E-state index in [0.717, 1.165) is 5.56 Å². The monoisotopic (exact) mass is 165 g/mol. The maximum absolute atomic E-state index is 13.0. The Bertz CT molecular complexity index is 294.